The summed E-state index contributed by atoms with van der Waals surface area (Å²) in [5.41, 5.74) is 0. The number of unbranched alkanes of at least 4 members (excludes halogenated alkanes) is 29. The van der Waals surface area contributed by atoms with E-state index in [-0.39, 0.29) is 31.1 Å². The number of ether oxygens (including phenoxy) is 3. The van der Waals surface area contributed by atoms with Crippen molar-refractivity contribution >= 4 is 17.9 Å². The molecule has 1 unspecified atom stereocenters. The van der Waals surface area contributed by atoms with Crippen LogP contribution in [0.5, 0.6) is 0 Å². The molecular formula is C68H116O6. The lowest BCUT2D eigenvalue weighted by atomic mass is 10.0. The molecule has 1 atom stereocenters. The molecule has 0 aliphatic rings. The zero-order chi connectivity index (χ0) is 53.6. The second-order valence-corrected chi connectivity index (χ2v) is 20.6. The van der Waals surface area contributed by atoms with E-state index < -0.39 is 6.10 Å². The van der Waals surface area contributed by atoms with Crippen molar-refractivity contribution in [1.82, 2.24) is 0 Å². The zero-order valence-electron chi connectivity index (χ0n) is 48.6. The summed E-state index contributed by atoms with van der Waals surface area (Å²) in [7, 11) is 0. The van der Waals surface area contributed by atoms with Crippen molar-refractivity contribution in [3.63, 3.8) is 0 Å². The lowest BCUT2D eigenvalue weighted by Gasteiger charge is -2.18. The normalized spacial score (nSPS) is 12.7. The Hall–Kier alpha value is -3.67. The fourth-order valence-electron chi connectivity index (χ4n) is 8.72. The van der Waals surface area contributed by atoms with Crippen molar-refractivity contribution in [2.45, 2.75) is 303 Å². The maximum Gasteiger partial charge on any atom is 0.306 e. The summed E-state index contributed by atoms with van der Waals surface area (Å²) in [4.78, 5) is 38.0. The Balaban J connectivity index is 3.99. The predicted molar refractivity (Wildman–Crippen MR) is 320 cm³/mol. The highest BCUT2D eigenvalue weighted by Gasteiger charge is 2.19. The Morgan fingerprint density at radius 1 is 0.284 bits per heavy atom. The maximum absolute atomic E-state index is 12.8. The van der Waals surface area contributed by atoms with E-state index in [4.69, 9.17) is 14.2 Å². The van der Waals surface area contributed by atoms with Crippen molar-refractivity contribution in [3.05, 3.63) is 97.2 Å². The summed E-state index contributed by atoms with van der Waals surface area (Å²) in [5.74, 6) is -0.912. The molecule has 6 nitrogen and oxygen atoms in total. The Morgan fingerprint density at radius 2 is 0.527 bits per heavy atom. The highest BCUT2D eigenvalue weighted by molar-refractivity contribution is 5.71. The Labute approximate surface area is 457 Å². The first-order valence-electron chi connectivity index (χ1n) is 31.2. The topological polar surface area (TPSA) is 78.9 Å². The molecule has 6 heteroatoms. The van der Waals surface area contributed by atoms with Crippen LogP contribution in [-0.2, 0) is 28.6 Å². The molecule has 0 rings (SSSR count). The van der Waals surface area contributed by atoms with Gasteiger partial charge in [0.05, 0.1) is 0 Å². The van der Waals surface area contributed by atoms with Gasteiger partial charge in [-0.3, -0.25) is 14.4 Å². The van der Waals surface area contributed by atoms with Gasteiger partial charge < -0.3 is 14.2 Å². The van der Waals surface area contributed by atoms with Gasteiger partial charge in [-0.15, -0.1) is 0 Å². The van der Waals surface area contributed by atoms with Crippen LogP contribution in [0.4, 0.5) is 0 Å². The number of carbonyl (C=O) groups excluding carboxylic acids is 3. The van der Waals surface area contributed by atoms with Gasteiger partial charge in [-0.1, -0.05) is 279 Å². The average molecular weight is 1030 g/mol. The first-order chi connectivity index (χ1) is 36.5. The minimum Gasteiger partial charge on any atom is -0.462 e. The second-order valence-electron chi connectivity index (χ2n) is 20.6. The molecule has 0 aromatic heterocycles. The molecule has 0 bridgehead atoms. The van der Waals surface area contributed by atoms with Gasteiger partial charge in [0.25, 0.3) is 0 Å². The van der Waals surface area contributed by atoms with Gasteiger partial charge in [-0.2, -0.15) is 0 Å². The van der Waals surface area contributed by atoms with Crippen LogP contribution in [0, 0.1) is 0 Å². The fraction of sp³-hybridized carbons (Fsp3) is 0.721. The predicted octanol–water partition coefficient (Wildman–Crippen LogP) is 21.3. The second kappa shape index (κ2) is 61.9. The van der Waals surface area contributed by atoms with Gasteiger partial charge in [0, 0.05) is 19.3 Å². The maximum atomic E-state index is 12.8. The van der Waals surface area contributed by atoms with E-state index in [0.29, 0.717) is 19.3 Å². The molecule has 0 aromatic carbocycles. The summed E-state index contributed by atoms with van der Waals surface area (Å²) in [5, 5.41) is 0. The largest absolute Gasteiger partial charge is 0.462 e. The molecule has 0 saturated heterocycles. The van der Waals surface area contributed by atoms with Crippen LogP contribution in [0.2, 0.25) is 0 Å². The van der Waals surface area contributed by atoms with E-state index in [2.05, 4.69) is 118 Å². The monoisotopic (exact) mass is 1030 g/mol. The van der Waals surface area contributed by atoms with Crippen LogP contribution in [0.3, 0.4) is 0 Å². The Morgan fingerprint density at radius 3 is 0.838 bits per heavy atom. The Kier molecular flexibility index (Phi) is 58.8. The van der Waals surface area contributed by atoms with Crippen molar-refractivity contribution in [3.8, 4) is 0 Å². The smallest absolute Gasteiger partial charge is 0.306 e. The number of rotatable bonds is 56. The molecule has 0 saturated carbocycles. The van der Waals surface area contributed by atoms with Crippen LogP contribution >= 0.6 is 0 Å². The molecule has 0 fully saturated rings. The minimum atomic E-state index is -0.787. The van der Waals surface area contributed by atoms with E-state index >= 15 is 0 Å². The lowest BCUT2D eigenvalue weighted by molar-refractivity contribution is -0.167. The number of esters is 3. The third-order valence-corrected chi connectivity index (χ3v) is 13.3. The molecule has 0 radical (unpaired) electrons. The number of hydrogen-bond acceptors (Lipinski definition) is 6. The molecule has 0 heterocycles. The molecule has 0 amide bonds. The summed E-state index contributed by atoms with van der Waals surface area (Å²) in [6.45, 7) is 6.37. The minimum absolute atomic E-state index is 0.0853. The highest BCUT2D eigenvalue weighted by atomic mass is 16.6. The highest BCUT2D eigenvalue weighted by Crippen LogP contribution is 2.17. The number of allylic oxidation sites excluding steroid dienone is 16. The van der Waals surface area contributed by atoms with Gasteiger partial charge in [0.2, 0.25) is 0 Å². The van der Waals surface area contributed by atoms with E-state index in [0.717, 1.165) is 116 Å². The van der Waals surface area contributed by atoms with Crippen molar-refractivity contribution < 1.29 is 28.6 Å². The zero-order valence-corrected chi connectivity index (χ0v) is 48.6. The van der Waals surface area contributed by atoms with Crippen LogP contribution in [-0.4, -0.2) is 37.2 Å². The SMILES string of the molecule is CC/C=C\C/C=C\C/C=C\C/C=C\C/C=C\CCCCCCCCCCCCCCCCCCCCCC(=O)OCC(COC(=O)CCCCCCCCCC)OC(=O)CCCCC/C=C\C/C=C\C/C=C\CC. The summed E-state index contributed by atoms with van der Waals surface area (Å²) >= 11 is 0. The quantitative estimate of drug-likeness (QED) is 0.0261. The third-order valence-electron chi connectivity index (χ3n) is 13.3. The molecule has 0 N–H and O–H groups in total. The standard InChI is InChI=1S/C68H116O6/c1-4-7-10-13-16-19-21-23-24-25-26-27-28-29-30-31-32-33-34-35-36-37-38-39-40-41-42-43-44-46-47-49-52-55-58-61-67(70)73-64-65(63-72-66(69)60-57-54-51-18-15-12-9-6-3)74-68(71)62-59-56-53-50-48-45-22-20-17-14-11-8-5-2/h7-8,10-11,16-17,19-20,23-24,26-27,29-30,45,48,65H,4-6,9,12-15,18,21-22,25,28,31-44,46-47,49-64H2,1-3H3/b10-7-,11-8-,19-16-,20-17-,24-23-,27-26-,30-29-,48-45-. The van der Waals surface area contributed by atoms with Crippen LogP contribution in [0.1, 0.15) is 297 Å². The van der Waals surface area contributed by atoms with Gasteiger partial charge >= 0.3 is 17.9 Å². The van der Waals surface area contributed by atoms with Gasteiger partial charge in [0.1, 0.15) is 13.2 Å². The van der Waals surface area contributed by atoms with Crippen LogP contribution in [0.15, 0.2) is 97.2 Å². The molecule has 0 aromatic rings. The fourth-order valence-corrected chi connectivity index (χ4v) is 8.72. The molecule has 0 spiro atoms. The van der Waals surface area contributed by atoms with Crippen molar-refractivity contribution in [2.75, 3.05) is 13.2 Å². The lowest BCUT2D eigenvalue weighted by Crippen LogP contribution is -2.30. The van der Waals surface area contributed by atoms with Crippen molar-refractivity contribution in [1.29, 1.82) is 0 Å². The van der Waals surface area contributed by atoms with E-state index in [9.17, 15) is 14.4 Å². The van der Waals surface area contributed by atoms with E-state index in [1.165, 1.54) is 141 Å². The average Bonchev–Trinajstić information content (AvgIpc) is 3.40. The van der Waals surface area contributed by atoms with Gasteiger partial charge in [-0.25, -0.2) is 0 Å². The van der Waals surface area contributed by atoms with Crippen LogP contribution in [0.25, 0.3) is 0 Å². The van der Waals surface area contributed by atoms with Gasteiger partial charge in [0.15, 0.2) is 6.10 Å². The Bertz CT molecular complexity index is 1460. The summed E-state index contributed by atoms with van der Waals surface area (Å²) < 4.78 is 16.8. The first kappa shape index (κ1) is 70.3. The number of carbonyl (C=O) groups is 3. The molecule has 0 aliphatic carbocycles. The molecule has 74 heavy (non-hydrogen) atoms. The third kappa shape index (κ3) is 59.2. The van der Waals surface area contributed by atoms with Gasteiger partial charge in [-0.05, 0) is 96.3 Å². The summed E-state index contributed by atoms with van der Waals surface area (Å²) in [6, 6.07) is 0. The first-order valence-corrected chi connectivity index (χ1v) is 31.2. The van der Waals surface area contributed by atoms with E-state index in [1.807, 2.05) is 0 Å². The summed E-state index contributed by atoms with van der Waals surface area (Å²) in [6.07, 6.45) is 83.1. The molecule has 424 valence electrons. The molecule has 0 aliphatic heterocycles. The van der Waals surface area contributed by atoms with E-state index in [1.54, 1.807) is 0 Å². The molecular weight excluding hydrogens is 913 g/mol. The van der Waals surface area contributed by atoms with Crippen molar-refractivity contribution in [2.24, 2.45) is 0 Å². The number of hydrogen-bond donors (Lipinski definition) is 0. The van der Waals surface area contributed by atoms with Crippen LogP contribution < -0.4 is 0 Å².